The standard InChI is InChI=1S/C16H26N2O2S.ClH/c1-13(2)15-5-7-16(8-6-15)21(19,20)18-11-3-4-14(12-18)9-10-17;/h5-8,13-14H,3-4,9-12,17H2,1-2H3;1H. The lowest BCUT2D eigenvalue weighted by molar-refractivity contribution is 0.258. The van der Waals surface area contributed by atoms with Gasteiger partial charge < -0.3 is 5.73 Å². The van der Waals surface area contributed by atoms with Crippen LogP contribution in [-0.2, 0) is 10.0 Å². The van der Waals surface area contributed by atoms with Crippen LogP contribution in [0.5, 0.6) is 0 Å². The Morgan fingerprint density at radius 3 is 2.45 bits per heavy atom. The topological polar surface area (TPSA) is 63.4 Å². The highest BCUT2D eigenvalue weighted by molar-refractivity contribution is 7.89. The van der Waals surface area contributed by atoms with Crippen LogP contribution in [0, 0.1) is 5.92 Å². The van der Waals surface area contributed by atoms with Crippen LogP contribution < -0.4 is 5.73 Å². The summed E-state index contributed by atoms with van der Waals surface area (Å²) in [6.07, 6.45) is 2.90. The molecule has 22 heavy (non-hydrogen) atoms. The van der Waals surface area contributed by atoms with E-state index in [1.807, 2.05) is 12.1 Å². The Bertz CT molecular complexity index is 556. The lowest BCUT2D eigenvalue weighted by Gasteiger charge is -2.31. The van der Waals surface area contributed by atoms with E-state index < -0.39 is 10.0 Å². The first kappa shape index (κ1) is 19.4. The van der Waals surface area contributed by atoms with Crippen molar-refractivity contribution in [2.75, 3.05) is 19.6 Å². The molecule has 2 N–H and O–H groups in total. The van der Waals surface area contributed by atoms with Crippen LogP contribution in [0.1, 0.15) is 44.6 Å². The average molecular weight is 347 g/mol. The predicted molar refractivity (Wildman–Crippen MR) is 92.9 cm³/mol. The number of hydrogen-bond donors (Lipinski definition) is 1. The number of hydrogen-bond acceptors (Lipinski definition) is 3. The lowest BCUT2D eigenvalue weighted by Crippen LogP contribution is -2.40. The van der Waals surface area contributed by atoms with Crippen molar-refractivity contribution in [2.45, 2.75) is 43.9 Å². The molecular formula is C16H27ClN2O2S. The van der Waals surface area contributed by atoms with Gasteiger partial charge in [0.2, 0.25) is 10.0 Å². The Morgan fingerprint density at radius 2 is 1.91 bits per heavy atom. The molecule has 0 radical (unpaired) electrons. The van der Waals surface area contributed by atoms with Gasteiger partial charge in [0.05, 0.1) is 4.90 Å². The van der Waals surface area contributed by atoms with Gasteiger partial charge in [-0.2, -0.15) is 4.31 Å². The molecule has 2 rings (SSSR count). The van der Waals surface area contributed by atoms with Crippen LogP contribution in [0.25, 0.3) is 0 Å². The van der Waals surface area contributed by atoms with E-state index in [1.165, 1.54) is 0 Å². The zero-order valence-corrected chi connectivity index (χ0v) is 15.0. The number of piperidine rings is 1. The molecule has 0 spiro atoms. The van der Waals surface area contributed by atoms with E-state index in [9.17, 15) is 8.42 Å². The molecule has 0 saturated carbocycles. The third kappa shape index (κ3) is 4.44. The number of nitrogens with zero attached hydrogens (tertiary/aromatic N) is 1. The summed E-state index contributed by atoms with van der Waals surface area (Å²) in [5.74, 6) is 0.805. The van der Waals surface area contributed by atoms with Crippen molar-refractivity contribution >= 4 is 22.4 Å². The average Bonchev–Trinajstić information content (AvgIpc) is 2.48. The quantitative estimate of drug-likeness (QED) is 0.891. The van der Waals surface area contributed by atoms with Crippen LogP contribution in [0.15, 0.2) is 29.2 Å². The third-order valence-corrected chi connectivity index (χ3v) is 6.12. The lowest BCUT2D eigenvalue weighted by atomic mass is 9.96. The van der Waals surface area contributed by atoms with Gasteiger partial charge in [-0.05, 0) is 55.3 Å². The number of rotatable bonds is 5. The van der Waals surface area contributed by atoms with E-state index in [-0.39, 0.29) is 12.4 Å². The zero-order valence-electron chi connectivity index (χ0n) is 13.4. The molecule has 4 nitrogen and oxygen atoms in total. The van der Waals surface area contributed by atoms with Crippen LogP contribution in [0.3, 0.4) is 0 Å². The molecule has 1 aliphatic rings. The summed E-state index contributed by atoms with van der Waals surface area (Å²) in [4.78, 5) is 0.403. The molecule has 1 aromatic carbocycles. The van der Waals surface area contributed by atoms with E-state index in [2.05, 4.69) is 13.8 Å². The van der Waals surface area contributed by atoms with Crippen LogP contribution in [0.4, 0.5) is 0 Å². The largest absolute Gasteiger partial charge is 0.330 e. The minimum Gasteiger partial charge on any atom is -0.330 e. The van der Waals surface area contributed by atoms with Crippen LogP contribution >= 0.6 is 12.4 Å². The van der Waals surface area contributed by atoms with E-state index in [4.69, 9.17) is 5.73 Å². The SMILES string of the molecule is CC(C)c1ccc(S(=O)(=O)N2CCCC(CCN)C2)cc1.Cl. The van der Waals surface area contributed by atoms with Crippen molar-refractivity contribution in [1.29, 1.82) is 0 Å². The molecule has 1 atom stereocenters. The summed E-state index contributed by atoms with van der Waals surface area (Å²) in [6, 6.07) is 7.30. The van der Waals surface area contributed by atoms with E-state index in [0.717, 1.165) is 24.8 Å². The van der Waals surface area contributed by atoms with Gasteiger partial charge in [-0.3, -0.25) is 0 Å². The molecule has 0 bridgehead atoms. The van der Waals surface area contributed by atoms with Gasteiger partial charge in [0.15, 0.2) is 0 Å². The highest BCUT2D eigenvalue weighted by Crippen LogP contribution is 2.26. The summed E-state index contributed by atoms with van der Waals surface area (Å²) in [6.45, 7) is 6.06. The molecule has 1 fully saturated rings. The fraction of sp³-hybridized carbons (Fsp3) is 0.625. The normalized spacial score (nSPS) is 19.9. The molecule has 1 saturated heterocycles. The number of halogens is 1. The first-order valence-corrected chi connectivity index (χ1v) is 9.19. The maximum absolute atomic E-state index is 12.7. The molecule has 1 aliphatic heterocycles. The fourth-order valence-corrected chi connectivity index (χ4v) is 4.44. The maximum atomic E-state index is 12.7. The van der Waals surface area contributed by atoms with E-state index >= 15 is 0 Å². The summed E-state index contributed by atoms with van der Waals surface area (Å²) < 4.78 is 27.1. The Kier molecular flexibility index (Phi) is 7.32. The summed E-state index contributed by atoms with van der Waals surface area (Å²) in [5, 5.41) is 0. The molecule has 1 unspecified atom stereocenters. The van der Waals surface area contributed by atoms with Crippen molar-refractivity contribution in [2.24, 2.45) is 11.7 Å². The number of nitrogens with two attached hydrogens (primary N) is 1. The first-order valence-electron chi connectivity index (χ1n) is 7.75. The third-order valence-electron chi connectivity index (χ3n) is 4.24. The minimum atomic E-state index is -3.36. The molecule has 0 aliphatic carbocycles. The molecule has 0 aromatic heterocycles. The summed E-state index contributed by atoms with van der Waals surface area (Å²) in [5.41, 5.74) is 6.76. The van der Waals surface area contributed by atoms with Gasteiger partial charge in [0, 0.05) is 13.1 Å². The molecule has 1 heterocycles. The smallest absolute Gasteiger partial charge is 0.243 e. The van der Waals surface area contributed by atoms with Gasteiger partial charge in [-0.15, -0.1) is 12.4 Å². The van der Waals surface area contributed by atoms with Gasteiger partial charge in [-0.1, -0.05) is 26.0 Å². The summed E-state index contributed by atoms with van der Waals surface area (Å²) >= 11 is 0. The highest BCUT2D eigenvalue weighted by Gasteiger charge is 2.29. The Balaban J connectivity index is 0.00000242. The molecule has 0 amide bonds. The van der Waals surface area contributed by atoms with Gasteiger partial charge in [0.1, 0.15) is 0 Å². The van der Waals surface area contributed by atoms with E-state index in [0.29, 0.717) is 36.4 Å². The minimum absolute atomic E-state index is 0. The Hall–Kier alpha value is -0.620. The van der Waals surface area contributed by atoms with Gasteiger partial charge in [0.25, 0.3) is 0 Å². The zero-order chi connectivity index (χ0) is 15.5. The molecule has 6 heteroatoms. The molecule has 1 aromatic rings. The highest BCUT2D eigenvalue weighted by atomic mass is 35.5. The first-order chi connectivity index (χ1) is 9.95. The Morgan fingerprint density at radius 1 is 1.27 bits per heavy atom. The Labute approximate surface area is 140 Å². The van der Waals surface area contributed by atoms with E-state index in [1.54, 1.807) is 16.4 Å². The molecular weight excluding hydrogens is 320 g/mol. The van der Waals surface area contributed by atoms with Crippen molar-refractivity contribution in [3.05, 3.63) is 29.8 Å². The van der Waals surface area contributed by atoms with Crippen LogP contribution in [0.2, 0.25) is 0 Å². The van der Waals surface area contributed by atoms with Crippen molar-refractivity contribution in [3.63, 3.8) is 0 Å². The second-order valence-electron chi connectivity index (χ2n) is 6.17. The van der Waals surface area contributed by atoms with Gasteiger partial charge in [-0.25, -0.2) is 8.42 Å². The molecule has 126 valence electrons. The fourth-order valence-electron chi connectivity index (χ4n) is 2.89. The van der Waals surface area contributed by atoms with Gasteiger partial charge >= 0.3 is 0 Å². The maximum Gasteiger partial charge on any atom is 0.243 e. The second kappa shape index (κ2) is 8.29. The van der Waals surface area contributed by atoms with Crippen molar-refractivity contribution in [3.8, 4) is 0 Å². The second-order valence-corrected chi connectivity index (χ2v) is 8.11. The monoisotopic (exact) mass is 346 g/mol. The van der Waals surface area contributed by atoms with Crippen molar-refractivity contribution in [1.82, 2.24) is 4.31 Å². The van der Waals surface area contributed by atoms with Crippen LogP contribution in [-0.4, -0.2) is 32.4 Å². The number of sulfonamides is 1. The predicted octanol–water partition coefficient (Wildman–Crippen LogP) is 2.98. The van der Waals surface area contributed by atoms with Crippen molar-refractivity contribution < 1.29 is 8.42 Å². The summed E-state index contributed by atoms with van der Waals surface area (Å²) in [7, 11) is -3.36. The number of benzene rings is 1.